The number of carbonyl (C=O) groups excluding carboxylic acids is 1. The number of thioether (sulfide) groups is 1. The van der Waals surface area contributed by atoms with E-state index in [9.17, 15) is 4.79 Å². The standard InChI is InChI=1S/C8H9N5OS3/c9-7-12-13-8(17-7)15-3-4-1-2-5(16-4)6(14)11-10/h1-2H,3,10H2,(H2,9,12)(H,11,14). The first kappa shape index (κ1) is 12.3. The van der Waals surface area contributed by atoms with E-state index in [0.29, 0.717) is 10.0 Å². The zero-order chi connectivity index (χ0) is 12.3. The molecule has 0 aliphatic heterocycles. The van der Waals surface area contributed by atoms with Crippen LogP contribution in [0, 0.1) is 0 Å². The van der Waals surface area contributed by atoms with E-state index >= 15 is 0 Å². The first-order chi connectivity index (χ1) is 8.19. The van der Waals surface area contributed by atoms with Gasteiger partial charge in [-0.15, -0.1) is 21.5 Å². The van der Waals surface area contributed by atoms with E-state index in [4.69, 9.17) is 11.6 Å². The molecule has 0 aliphatic rings. The van der Waals surface area contributed by atoms with Gasteiger partial charge in [0.1, 0.15) is 0 Å². The molecule has 0 aromatic carbocycles. The Kier molecular flexibility index (Phi) is 3.94. The predicted molar refractivity (Wildman–Crippen MR) is 69.9 cm³/mol. The van der Waals surface area contributed by atoms with Crippen LogP contribution in [0.4, 0.5) is 5.13 Å². The Hall–Kier alpha value is -1.16. The number of hydrogen-bond acceptors (Lipinski definition) is 8. The molecule has 6 nitrogen and oxygen atoms in total. The van der Waals surface area contributed by atoms with Crippen LogP contribution < -0.4 is 17.0 Å². The largest absolute Gasteiger partial charge is 0.374 e. The average molecular weight is 287 g/mol. The van der Waals surface area contributed by atoms with Crippen molar-refractivity contribution in [2.45, 2.75) is 10.1 Å². The fraction of sp³-hybridized carbons (Fsp3) is 0.125. The van der Waals surface area contributed by atoms with Crippen molar-refractivity contribution in [3.63, 3.8) is 0 Å². The second-order valence-corrected chi connectivity index (χ2v) is 6.33. The lowest BCUT2D eigenvalue weighted by Gasteiger charge is -1.94. The molecule has 2 aromatic heterocycles. The summed E-state index contributed by atoms with van der Waals surface area (Å²) < 4.78 is 0.820. The highest BCUT2D eigenvalue weighted by atomic mass is 32.2. The van der Waals surface area contributed by atoms with Crippen molar-refractivity contribution in [1.29, 1.82) is 0 Å². The highest BCUT2D eigenvalue weighted by molar-refractivity contribution is 8.00. The molecule has 90 valence electrons. The lowest BCUT2D eigenvalue weighted by atomic mass is 10.4. The van der Waals surface area contributed by atoms with Gasteiger partial charge in [0.2, 0.25) is 5.13 Å². The number of hydrazine groups is 1. The van der Waals surface area contributed by atoms with E-state index < -0.39 is 0 Å². The highest BCUT2D eigenvalue weighted by Gasteiger charge is 2.08. The summed E-state index contributed by atoms with van der Waals surface area (Å²) >= 11 is 4.29. The summed E-state index contributed by atoms with van der Waals surface area (Å²) in [5.41, 5.74) is 7.58. The normalized spacial score (nSPS) is 10.4. The number of nitrogens with one attached hydrogen (secondary N) is 1. The molecule has 9 heteroatoms. The smallest absolute Gasteiger partial charge is 0.275 e. The van der Waals surface area contributed by atoms with Crippen molar-refractivity contribution >= 4 is 45.5 Å². The first-order valence-electron chi connectivity index (χ1n) is 4.50. The number of nitrogen functional groups attached to an aromatic ring is 2. The van der Waals surface area contributed by atoms with Crippen LogP contribution in [0.25, 0.3) is 0 Å². The molecule has 2 heterocycles. The van der Waals surface area contributed by atoms with Gasteiger partial charge in [0.15, 0.2) is 4.34 Å². The van der Waals surface area contributed by atoms with E-state index in [1.165, 1.54) is 34.4 Å². The average Bonchev–Trinajstić information content (AvgIpc) is 2.94. The summed E-state index contributed by atoms with van der Waals surface area (Å²) in [4.78, 5) is 12.9. The highest BCUT2D eigenvalue weighted by Crippen LogP contribution is 2.29. The van der Waals surface area contributed by atoms with Crippen molar-refractivity contribution in [3.05, 3.63) is 21.9 Å². The van der Waals surface area contributed by atoms with Crippen molar-refractivity contribution in [2.75, 3.05) is 5.73 Å². The van der Waals surface area contributed by atoms with Gasteiger partial charge in [0, 0.05) is 10.6 Å². The van der Waals surface area contributed by atoms with E-state index in [2.05, 4.69) is 15.6 Å². The molecule has 0 fully saturated rings. The van der Waals surface area contributed by atoms with E-state index in [0.717, 1.165) is 15.0 Å². The Balaban J connectivity index is 1.95. The number of carbonyl (C=O) groups is 1. The van der Waals surface area contributed by atoms with Gasteiger partial charge in [-0.3, -0.25) is 10.2 Å². The molecule has 0 atom stereocenters. The van der Waals surface area contributed by atoms with Gasteiger partial charge in [-0.25, -0.2) is 5.84 Å². The van der Waals surface area contributed by atoms with Crippen molar-refractivity contribution in [1.82, 2.24) is 15.6 Å². The van der Waals surface area contributed by atoms with Crippen LogP contribution in [0.1, 0.15) is 14.5 Å². The van der Waals surface area contributed by atoms with Crippen molar-refractivity contribution in [2.24, 2.45) is 5.84 Å². The molecule has 0 unspecified atom stereocenters. The maximum absolute atomic E-state index is 11.2. The van der Waals surface area contributed by atoms with E-state index in [-0.39, 0.29) is 5.91 Å². The molecule has 5 N–H and O–H groups in total. The third-order valence-electron chi connectivity index (χ3n) is 1.78. The number of thiophene rings is 1. The van der Waals surface area contributed by atoms with E-state index in [1.54, 1.807) is 6.07 Å². The van der Waals surface area contributed by atoms with Gasteiger partial charge in [-0.2, -0.15) is 0 Å². The zero-order valence-electron chi connectivity index (χ0n) is 8.54. The predicted octanol–water partition coefficient (Wildman–Crippen LogP) is 1.08. The molecule has 0 saturated heterocycles. The van der Waals surface area contributed by atoms with Crippen LogP contribution in [0.3, 0.4) is 0 Å². The van der Waals surface area contributed by atoms with Gasteiger partial charge < -0.3 is 5.73 Å². The molecular weight excluding hydrogens is 278 g/mol. The van der Waals surface area contributed by atoms with Crippen LogP contribution in [0.2, 0.25) is 0 Å². The van der Waals surface area contributed by atoms with Gasteiger partial charge >= 0.3 is 0 Å². The maximum Gasteiger partial charge on any atom is 0.275 e. The SMILES string of the molecule is NNC(=O)c1ccc(CSc2nnc(N)s2)s1. The molecule has 2 aromatic rings. The second-order valence-electron chi connectivity index (χ2n) is 2.93. The summed E-state index contributed by atoms with van der Waals surface area (Å²) in [5, 5.41) is 8.08. The summed E-state index contributed by atoms with van der Waals surface area (Å²) in [6.07, 6.45) is 0. The zero-order valence-corrected chi connectivity index (χ0v) is 11.0. The number of nitrogens with two attached hydrogens (primary N) is 2. The Labute approximate surface area is 109 Å². The minimum absolute atomic E-state index is 0.272. The topological polar surface area (TPSA) is 107 Å². The fourth-order valence-electron chi connectivity index (χ4n) is 1.06. The Morgan fingerprint density at radius 3 is 2.88 bits per heavy atom. The lowest BCUT2D eigenvalue weighted by molar-refractivity contribution is 0.0957. The molecule has 0 aliphatic carbocycles. The molecule has 0 bridgehead atoms. The number of aromatic nitrogens is 2. The summed E-state index contributed by atoms with van der Waals surface area (Å²) in [6.45, 7) is 0. The molecule has 0 spiro atoms. The maximum atomic E-state index is 11.2. The van der Waals surface area contributed by atoms with Gasteiger partial charge in [-0.05, 0) is 12.1 Å². The first-order valence-corrected chi connectivity index (χ1v) is 7.12. The number of anilines is 1. The molecular formula is C8H9N5OS3. The summed E-state index contributed by atoms with van der Waals surface area (Å²) in [7, 11) is 0. The van der Waals surface area contributed by atoms with Crippen molar-refractivity contribution in [3.8, 4) is 0 Å². The van der Waals surface area contributed by atoms with Crippen LogP contribution in [0.5, 0.6) is 0 Å². The minimum atomic E-state index is -0.272. The molecule has 17 heavy (non-hydrogen) atoms. The second kappa shape index (κ2) is 5.45. The van der Waals surface area contributed by atoms with Crippen LogP contribution in [-0.2, 0) is 5.75 Å². The Morgan fingerprint density at radius 2 is 2.24 bits per heavy atom. The molecule has 1 amide bonds. The molecule has 0 radical (unpaired) electrons. The Bertz CT molecular complexity index is 523. The monoisotopic (exact) mass is 287 g/mol. The van der Waals surface area contributed by atoms with E-state index in [1.807, 2.05) is 6.07 Å². The Morgan fingerprint density at radius 1 is 1.41 bits per heavy atom. The number of amides is 1. The molecule has 2 rings (SSSR count). The minimum Gasteiger partial charge on any atom is -0.374 e. The number of rotatable bonds is 4. The fourth-order valence-corrected chi connectivity index (χ4v) is 3.65. The number of nitrogens with zero attached hydrogens (tertiary/aromatic N) is 2. The van der Waals surface area contributed by atoms with Crippen LogP contribution in [-0.4, -0.2) is 16.1 Å². The van der Waals surface area contributed by atoms with Crippen LogP contribution >= 0.6 is 34.4 Å². The summed E-state index contributed by atoms with van der Waals surface area (Å²) in [5.74, 6) is 5.51. The van der Waals surface area contributed by atoms with Crippen LogP contribution in [0.15, 0.2) is 16.5 Å². The quantitative estimate of drug-likeness (QED) is 0.336. The number of hydrogen-bond donors (Lipinski definition) is 3. The van der Waals surface area contributed by atoms with Crippen molar-refractivity contribution < 1.29 is 4.79 Å². The van der Waals surface area contributed by atoms with Gasteiger partial charge in [0.25, 0.3) is 5.91 Å². The third-order valence-corrected chi connectivity index (χ3v) is 4.98. The third kappa shape index (κ3) is 3.16. The van der Waals surface area contributed by atoms with Gasteiger partial charge in [0.05, 0.1) is 4.88 Å². The molecule has 0 saturated carbocycles. The lowest BCUT2D eigenvalue weighted by Crippen LogP contribution is -2.29. The van der Waals surface area contributed by atoms with Gasteiger partial charge in [-0.1, -0.05) is 23.1 Å². The summed E-state index contributed by atoms with van der Waals surface area (Å²) in [6, 6.07) is 3.64.